The van der Waals surface area contributed by atoms with Gasteiger partial charge in [0.15, 0.2) is 5.57 Å². The van der Waals surface area contributed by atoms with E-state index in [1.165, 1.54) is 28.9 Å². The van der Waals surface area contributed by atoms with Crippen molar-refractivity contribution in [2.75, 3.05) is 6.61 Å². The lowest BCUT2D eigenvalue weighted by atomic mass is 10.1. The Morgan fingerprint density at radius 3 is 2.19 bits per heavy atom. The molecule has 0 radical (unpaired) electrons. The van der Waals surface area contributed by atoms with Crippen molar-refractivity contribution in [3.63, 3.8) is 0 Å². The molecule has 36 heavy (non-hydrogen) atoms. The predicted octanol–water partition coefficient (Wildman–Crippen LogP) is 5.85. The first-order valence-electron chi connectivity index (χ1n) is 11.4. The van der Waals surface area contributed by atoms with E-state index >= 15 is 0 Å². The molecule has 0 spiro atoms. The summed E-state index contributed by atoms with van der Waals surface area (Å²) in [5.74, 6) is -0.972. The van der Waals surface area contributed by atoms with E-state index in [9.17, 15) is 24.7 Å². The highest BCUT2D eigenvalue weighted by molar-refractivity contribution is 7.51. The number of hydrogen-bond acceptors (Lipinski definition) is 8. The summed E-state index contributed by atoms with van der Waals surface area (Å²) in [6.45, 7) is 8.15. The summed E-state index contributed by atoms with van der Waals surface area (Å²) in [6, 6.07) is 16.1. The van der Waals surface area contributed by atoms with Crippen LogP contribution in [0.15, 0.2) is 60.2 Å². The monoisotopic (exact) mass is 515 g/mol. The van der Waals surface area contributed by atoms with Crippen LogP contribution in [-0.2, 0) is 29.7 Å². The SMILES string of the molecule is CCOC(=O)C(C#N)=C(c1cccc([N+](=O)[O-])c1)N(Cc1ccccc1)P(=O)(OC(C)C)OC(C)C. The fraction of sp³-hybridized carbons (Fsp3) is 0.360. The summed E-state index contributed by atoms with van der Waals surface area (Å²) in [5.41, 5.74) is -0.164. The zero-order valence-corrected chi connectivity index (χ0v) is 21.8. The van der Waals surface area contributed by atoms with Crippen molar-refractivity contribution < 1.29 is 28.1 Å². The van der Waals surface area contributed by atoms with E-state index in [4.69, 9.17) is 13.8 Å². The van der Waals surface area contributed by atoms with Gasteiger partial charge in [0.1, 0.15) is 6.07 Å². The van der Waals surface area contributed by atoms with Crippen molar-refractivity contribution in [1.82, 2.24) is 4.67 Å². The minimum Gasteiger partial charge on any atom is -0.462 e. The largest absolute Gasteiger partial charge is 0.462 e. The van der Waals surface area contributed by atoms with Crippen molar-refractivity contribution >= 4 is 25.1 Å². The maximum Gasteiger partial charge on any atom is 0.436 e. The third kappa shape index (κ3) is 7.49. The Hall–Kier alpha value is -3.51. The minimum atomic E-state index is -4.25. The van der Waals surface area contributed by atoms with Crippen LogP contribution in [0.3, 0.4) is 0 Å². The summed E-state index contributed by atoms with van der Waals surface area (Å²) in [6.07, 6.45) is -1.13. The van der Waals surface area contributed by atoms with Crippen LogP contribution < -0.4 is 0 Å². The highest BCUT2D eigenvalue weighted by Crippen LogP contribution is 2.58. The van der Waals surface area contributed by atoms with Crippen molar-refractivity contribution in [1.29, 1.82) is 5.26 Å². The topological polar surface area (TPSA) is 132 Å². The number of non-ortho nitro benzene ring substituents is 1. The van der Waals surface area contributed by atoms with Gasteiger partial charge in [0.2, 0.25) is 0 Å². The molecule has 0 aliphatic rings. The quantitative estimate of drug-likeness (QED) is 0.0852. The van der Waals surface area contributed by atoms with Crippen LogP contribution in [0.2, 0.25) is 0 Å². The summed E-state index contributed by atoms with van der Waals surface area (Å²) in [4.78, 5) is 23.8. The normalized spacial score (nSPS) is 12.2. The number of rotatable bonds is 12. The molecule has 0 aliphatic heterocycles. The third-order valence-corrected chi connectivity index (χ3v) is 6.88. The number of benzene rings is 2. The Kier molecular flexibility index (Phi) is 10.4. The fourth-order valence-electron chi connectivity index (χ4n) is 3.30. The van der Waals surface area contributed by atoms with Crippen LogP contribution in [0.4, 0.5) is 5.69 Å². The molecular weight excluding hydrogens is 485 g/mol. The van der Waals surface area contributed by atoms with Crippen molar-refractivity contribution in [3.05, 3.63) is 81.4 Å². The van der Waals surface area contributed by atoms with Crippen LogP contribution >= 0.6 is 7.75 Å². The molecular formula is C25H30N3O7P. The number of nitriles is 1. The number of nitro groups is 1. The first-order valence-corrected chi connectivity index (χ1v) is 12.9. The van der Waals surface area contributed by atoms with Gasteiger partial charge in [-0.05, 0) is 40.2 Å². The highest BCUT2D eigenvalue weighted by atomic mass is 31.2. The Morgan fingerprint density at radius 2 is 1.69 bits per heavy atom. The molecule has 192 valence electrons. The third-order valence-electron chi connectivity index (χ3n) is 4.58. The number of ether oxygens (including phenoxy) is 1. The minimum absolute atomic E-state index is 0.0203. The second-order valence-corrected chi connectivity index (χ2v) is 10.0. The van der Waals surface area contributed by atoms with Crippen LogP contribution in [0.1, 0.15) is 45.7 Å². The maximum absolute atomic E-state index is 14.4. The molecule has 0 unspecified atom stereocenters. The summed E-state index contributed by atoms with van der Waals surface area (Å²) in [5, 5.41) is 21.6. The first kappa shape index (κ1) is 28.7. The molecule has 0 bridgehead atoms. The van der Waals surface area contributed by atoms with E-state index in [1.54, 1.807) is 65.0 Å². The standard InChI is InChI=1S/C25H30N3O7P/c1-6-33-25(29)23(16-26)24(21-13-10-14-22(15-21)28(30)31)27(17-20-11-8-7-9-12-20)36(32,34-18(2)3)35-19(4)5/h7-15,18-19H,6,17H2,1-5H3. The first-order chi connectivity index (χ1) is 17.0. The van der Waals surface area contributed by atoms with E-state index in [2.05, 4.69) is 0 Å². The Labute approximate surface area is 210 Å². The zero-order valence-electron chi connectivity index (χ0n) is 20.9. The second-order valence-electron chi connectivity index (χ2n) is 8.18. The van der Waals surface area contributed by atoms with E-state index < -0.39 is 36.4 Å². The van der Waals surface area contributed by atoms with Gasteiger partial charge in [0.05, 0.1) is 36.0 Å². The lowest BCUT2D eigenvalue weighted by molar-refractivity contribution is -0.384. The molecule has 0 heterocycles. The molecule has 0 atom stereocenters. The highest BCUT2D eigenvalue weighted by Gasteiger charge is 2.41. The molecule has 10 nitrogen and oxygen atoms in total. The molecule has 2 aromatic rings. The molecule has 11 heteroatoms. The van der Waals surface area contributed by atoms with Gasteiger partial charge in [-0.25, -0.2) is 9.36 Å². The van der Waals surface area contributed by atoms with Gasteiger partial charge in [-0.1, -0.05) is 42.5 Å². The average Bonchev–Trinajstić information content (AvgIpc) is 2.81. The Balaban J connectivity index is 2.96. The van der Waals surface area contributed by atoms with Gasteiger partial charge in [-0.3, -0.25) is 23.8 Å². The summed E-state index contributed by atoms with van der Waals surface area (Å²) >= 11 is 0. The van der Waals surface area contributed by atoms with Crippen LogP contribution in [-0.4, -0.2) is 34.4 Å². The second kappa shape index (κ2) is 13.0. The van der Waals surface area contributed by atoms with Crippen molar-refractivity contribution in [3.8, 4) is 6.07 Å². The number of carbonyl (C=O) groups is 1. The van der Waals surface area contributed by atoms with E-state index in [0.717, 1.165) is 0 Å². The van der Waals surface area contributed by atoms with E-state index in [0.29, 0.717) is 5.56 Å². The van der Waals surface area contributed by atoms with Gasteiger partial charge in [0.25, 0.3) is 5.69 Å². The van der Waals surface area contributed by atoms with Crippen LogP contribution in [0.25, 0.3) is 5.70 Å². The number of nitro benzene ring substituents is 1. The molecule has 0 N–H and O–H groups in total. The van der Waals surface area contributed by atoms with Crippen molar-refractivity contribution in [2.45, 2.75) is 53.4 Å². The number of carbonyl (C=O) groups excluding carboxylic acids is 1. The van der Waals surface area contributed by atoms with Gasteiger partial charge < -0.3 is 4.74 Å². The zero-order chi connectivity index (χ0) is 26.9. The molecule has 0 saturated carbocycles. The van der Waals surface area contributed by atoms with Gasteiger partial charge in [0, 0.05) is 17.7 Å². The number of nitrogens with zero attached hydrogens (tertiary/aromatic N) is 3. The molecule has 2 rings (SSSR count). The van der Waals surface area contributed by atoms with Gasteiger partial charge >= 0.3 is 13.7 Å². The Bertz CT molecular complexity index is 1180. The molecule has 0 fully saturated rings. The summed E-state index contributed by atoms with van der Waals surface area (Å²) in [7, 11) is -4.25. The molecule has 0 saturated heterocycles. The average molecular weight is 516 g/mol. The van der Waals surface area contributed by atoms with E-state index in [1.807, 2.05) is 6.07 Å². The van der Waals surface area contributed by atoms with Gasteiger partial charge in [-0.15, -0.1) is 0 Å². The van der Waals surface area contributed by atoms with Gasteiger partial charge in [-0.2, -0.15) is 5.26 Å². The lowest BCUT2D eigenvalue weighted by Gasteiger charge is -2.36. The summed E-state index contributed by atoms with van der Waals surface area (Å²) < 4.78 is 32.4. The number of hydrogen-bond donors (Lipinski definition) is 0. The van der Waals surface area contributed by atoms with Crippen molar-refractivity contribution in [2.24, 2.45) is 0 Å². The molecule has 0 aliphatic carbocycles. The smallest absolute Gasteiger partial charge is 0.436 e. The van der Waals surface area contributed by atoms with Crippen LogP contribution in [0.5, 0.6) is 0 Å². The Morgan fingerprint density at radius 1 is 1.08 bits per heavy atom. The van der Waals surface area contributed by atoms with E-state index in [-0.39, 0.29) is 30.1 Å². The molecule has 2 aromatic carbocycles. The predicted molar refractivity (Wildman–Crippen MR) is 134 cm³/mol. The lowest BCUT2D eigenvalue weighted by Crippen LogP contribution is -2.27. The maximum atomic E-state index is 14.4. The fourth-order valence-corrected chi connectivity index (χ4v) is 5.44. The number of esters is 1. The molecule has 0 aromatic heterocycles. The van der Waals surface area contributed by atoms with Crippen LogP contribution in [0, 0.1) is 21.4 Å². The molecule has 0 amide bonds.